The molecule has 2 atom stereocenters. The van der Waals surface area contributed by atoms with E-state index in [1.54, 1.807) is 4.52 Å². The Hall–Kier alpha value is -2.86. The average Bonchev–Trinajstić information content (AvgIpc) is 3.07. The van der Waals surface area contributed by atoms with E-state index in [1.165, 1.54) is 5.69 Å². The van der Waals surface area contributed by atoms with Gasteiger partial charge in [-0.25, -0.2) is 4.52 Å². The van der Waals surface area contributed by atoms with Gasteiger partial charge in [0.15, 0.2) is 5.69 Å². The fraction of sp³-hybridized carbons (Fsp3) is 0.333. The number of aromatic nitrogens is 2. The van der Waals surface area contributed by atoms with Crippen LogP contribution in [0.1, 0.15) is 41.4 Å². The summed E-state index contributed by atoms with van der Waals surface area (Å²) in [5, 5.41) is 4.38. The average molecular weight is 364 g/mol. The molecule has 2 N–H and O–H groups in total. The van der Waals surface area contributed by atoms with Crippen molar-refractivity contribution < 1.29 is 9.53 Å². The highest BCUT2D eigenvalue weighted by Gasteiger charge is 2.23. The van der Waals surface area contributed by atoms with Gasteiger partial charge in [0.1, 0.15) is 0 Å². The number of amides is 1. The third-order valence-electron chi connectivity index (χ3n) is 5.24. The molecule has 1 amide bonds. The fourth-order valence-electron chi connectivity index (χ4n) is 3.82. The normalized spacial score (nSPS) is 18.6. The number of hydrogen-bond donors (Lipinski definition) is 1. The number of anilines is 1. The van der Waals surface area contributed by atoms with Crippen LogP contribution in [0, 0.1) is 0 Å². The quantitative estimate of drug-likeness (QED) is 0.773. The molecule has 4 rings (SSSR count). The van der Waals surface area contributed by atoms with Crippen LogP contribution < -0.4 is 10.6 Å². The molecule has 3 heterocycles. The molecule has 6 heteroatoms. The number of nitrogens with two attached hydrogens (primary N) is 1. The summed E-state index contributed by atoms with van der Waals surface area (Å²) >= 11 is 0. The van der Waals surface area contributed by atoms with Gasteiger partial charge in [0.2, 0.25) is 0 Å². The first-order valence-electron chi connectivity index (χ1n) is 9.28. The van der Waals surface area contributed by atoms with E-state index in [0.717, 1.165) is 36.3 Å². The summed E-state index contributed by atoms with van der Waals surface area (Å²) in [6.45, 7) is 6.74. The van der Waals surface area contributed by atoms with Crippen LogP contribution >= 0.6 is 0 Å². The Bertz CT molecular complexity index is 964. The third-order valence-corrected chi connectivity index (χ3v) is 5.24. The van der Waals surface area contributed by atoms with Crippen LogP contribution in [0.25, 0.3) is 5.52 Å². The molecule has 140 valence electrons. The summed E-state index contributed by atoms with van der Waals surface area (Å²) in [6.07, 6.45) is 2.08. The Labute approximate surface area is 158 Å². The molecule has 1 unspecified atom stereocenters. The highest BCUT2D eigenvalue weighted by molar-refractivity contribution is 5.95. The van der Waals surface area contributed by atoms with Gasteiger partial charge in [-0.1, -0.05) is 25.1 Å². The predicted octanol–water partition coefficient (Wildman–Crippen LogP) is 2.81. The van der Waals surface area contributed by atoms with Gasteiger partial charge in [0, 0.05) is 36.5 Å². The van der Waals surface area contributed by atoms with E-state index in [2.05, 4.69) is 48.1 Å². The lowest BCUT2D eigenvalue weighted by Gasteiger charge is -2.33. The van der Waals surface area contributed by atoms with Crippen LogP contribution in [0.3, 0.4) is 0 Å². The number of rotatable bonds is 4. The smallest absolute Gasteiger partial charge is 0.269 e. The lowest BCUT2D eigenvalue weighted by atomic mass is 9.91. The van der Waals surface area contributed by atoms with Crippen LogP contribution in [0.4, 0.5) is 5.69 Å². The van der Waals surface area contributed by atoms with Gasteiger partial charge < -0.3 is 15.4 Å². The maximum atomic E-state index is 11.9. The zero-order valence-electron chi connectivity index (χ0n) is 15.6. The van der Waals surface area contributed by atoms with E-state index in [9.17, 15) is 4.79 Å². The highest BCUT2D eigenvalue weighted by atomic mass is 16.5. The Kier molecular flexibility index (Phi) is 4.58. The zero-order chi connectivity index (χ0) is 19.0. The van der Waals surface area contributed by atoms with E-state index in [-0.39, 0.29) is 12.0 Å². The van der Waals surface area contributed by atoms with Gasteiger partial charge in [-0.05, 0) is 36.8 Å². The van der Waals surface area contributed by atoms with Crippen molar-refractivity contribution >= 4 is 17.1 Å². The van der Waals surface area contributed by atoms with Gasteiger partial charge in [-0.2, -0.15) is 5.10 Å². The summed E-state index contributed by atoms with van der Waals surface area (Å²) in [4.78, 5) is 14.3. The molecular formula is C21H24N4O2. The minimum atomic E-state index is -0.500. The summed E-state index contributed by atoms with van der Waals surface area (Å²) in [7, 11) is 0. The Morgan fingerprint density at radius 1 is 1.26 bits per heavy atom. The lowest BCUT2D eigenvalue weighted by Crippen LogP contribution is -2.41. The van der Waals surface area contributed by atoms with Gasteiger partial charge in [0.05, 0.1) is 18.2 Å². The van der Waals surface area contributed by atoms with Crippen LogP contribution in [-0.2, 0) is 4.74 Å². The van der Waals surface area contributed by atoms with Crippen LogP contribution in [0.15, 0.2) is 48.7 Å². The number of carbonyl (C=O) groups excluding carboxylic acids is 1. The molecule has 1 fully saturated rings. The van der Waals surface area contributed by atoms with Gasteiger partial charge in [-0.15, -0.1) is 0 Å². The SMILES string of the molecule is CC1CN(c2ccc([C@@H](C)c3c(C(N)=O)nn4ccccc34)cc2)CCO1. The van der Waals surface area contributed by atoms with E-state index in [0.29, 0.717) is 5.69 Å². The van der Waals surface area contributed by atoms with Gasteiger partial charge in [-0.3, -0.25) is 4.79 Å². The fourth-order valence-corrected chi connectivity index (χ4v) is 3.82. The van der Waals surface area contributed by atoms with Crippen LogP contribution in [0.5, 0.6) is 0 Å². The summed E-state index contributed by atoms with van der Waals surface area (Å²) < 4.78 is 7.34. The Morgan fingerprint density at radius 2 is 2.04 bits per heavy atom. The number of carbonyl (C=O) groups is 1. The second kappa shape index (κ2) is 7.04. The molecule has 27 heavy (non-hydrogen) atoms. The highest BCUT2D eigenvalue weighted by Crippen LogP contribution is 2.31. The van der Waals surface area contributed by atoms with Crippen molar-refractivity contribution in [2.24, 2.45) is 5.73 Å². The molecule has 0 bridgehead atoms. The number of pyridine rings is 1. The van der Waals surface area contributed by atoms with Gasteiger partial charge >= 0.3 is 0 Å². The zero-order valence-corrected chi connectivity index (χ0v) is 15.6. The first-order chi connectivity index (χ1) is 13.0. The van der Waals surface area contributed by atoms with Crippen LogP contribution in [0.2, 0.25) is 0 Å². The number of benzene rings is 1. The Balaban J connectivity index is 1.67. The summed E-state index contributed by atoms with van der Waals surface area (Å²) in [6, 6.07) is 14.3. The number of hydrogen-bond acceptors (Lipinski definition) is 4. The largest absolute Gasteiger partial charge is 0.375 e. The monoisotopic (exact) mass is 364 g/mol. The summed E-state index contributed by atoms with van der Waals surface area (Å²) in [5.74, 6) is -0.496. The topological polar surface area (TPSA) is 72.9 Å². The van der Waals surface area contributed by atoms with Crippen molar-refractivity contribution in [2.75, 3.05) is 24.6 Å². The van der Waals surface area contributed by atoms with Crippen molar-refractivity contribution in [3.05, 3.63) is 65.5 Å². The van der Waals surface area contributed by atoms with Gasteiger partial charge in [0.25, 0.3) is 5.91 Å². The first-order valence-corrected chi connectivity index (χ1v) is 9.28. The number of primary amides is 1. The van der Waals surface area contributed by atoms with Crippen molar-refractivity contribution in [1.82, 2.24) is 9.61 Å². The number of fused-ring (bicyclic) bond motifs is 1. The van der Waals surface area contributed by atoms with E-state index in [4.69, 9.17) is 10.5 Å². The molecule has 2 aromatic heterocycles. The second-order valence-corrected chi connectivity index (χ2v) is 7.10. The molecule has 3 aromatic rings. The number of nitrogens with zero attached hydrogens (tertiary/aromatic N) is 3. The van der Waals surface area contributed by atoms with E-state index >= 15 is 0 Å². The first kappa shape index (κ1) is 17.5. The molecular weight excluding hydrogens is 340 g/mol. The minimum absolute atomic E-state index is 0.00469. The molecule has 1 aliphatic rings. The predicted molar refractivity (Wildman–Crippen MR) is 105 cm³/mol. The lowest BCUT2D eigenvalue weighted by molar-refractivity contribution is 0.0532. The molecule has 1 saturated heterocycles. The minimum Gasteiger partial charge on any atom is -0.375 e. The molecule has 0 aliphatic carbocycles. The van der Waals surface area contributed by atoms with Crippen molar-refractivity contribution in [1.29, 1.82) is 0 Å². The van der Waals surface area contributed by atoms with E-state index < -0.39 is 5.91 Å². The maximum Gasteiger partial charge on any atom is 0.269 e. The number of ether oxygens (including phenoxy) is 1. The van der Waals surface area contributed by atoms with E-state index in [1.807, 2.05) is 24.4 Å². The number of morpholine rings is 1. The van der Waals surface area contributed by atoms with Crippen molar-refractivity contribution in [3.63, 3.8) is 0 Å². The van der Waals surface area contributed by atoms with Crippen molar-refractivity contribution in [2.45, 2.75) is 25.9 Å². The molecule has 6 nitrogen and oxygen atoms in total. The molecule has 0 radical (unpaired) electrons. The summed E-state index contributed by atoms with van der Waals surface area (Å²) in [5.41, 5.74) is 10.0. The van der Waals surface area contributed by atoms with Crippen LogP contribution in [-0.4, -0.2) is 41.3 Å². The molecule has 1 aromatic carbocycles. The Morgan fingerprint density at radius 3 is 2.74 bits per heavy atom. The molecule has 1 aliphatic heterocycles. The van der Waals surface area contributed by atoms with Crippen molar-refractivity contribution in [3.8, 4) is 0 Å². The standard InChI is InChI=1S/C21H24N4O2/c1-14-13-24(11-12-27-14)17-8-6-16(7-9-17)15(2)19-18-5-3-4-10-25(18)23-20(19)21(22)26/h3-10,14-15H,11-13H2,1-2H3,(H2,22,26)/t14?,15-/m1/s1. The molecule has 0 spiro atoms. The third kappa shape index (κ3) is 3.28. The second-order valence-electron chi connectivity index (χ2n) is 7.10. The maximum absolute atomic E-state index is 11.9. The molecule has 0 saturated carbocycles.